The Morgan fingerprint density at radius 2 is 2.00 bits per heavy atom. The Kier molecular flexibility index (Phi) is 4.91. The average Bonchev–Trinajstić information content (AvgIpc) is 2.45. The van der Waals surface area contributed by atoms with Crippen molar-refractivity contribution in [2.75, 3.05) is 11.9 Å². The van der Waals surface area contributed by atoms with Gasteiger partial charge in [-0.25, -0.2) is 0 Å². The molecule has 0 radical (unpaired) electrons. The number of nitro groups is 1. The number of hydrogen-bond acceptors (Lipinski definition) is 3. The molecule has 0 N–H and O–H groups in total. The molecule has 1 aliphatic rings. The van der Waals surface area contributed by atoms with E-state index in [0.717, 1.165) is 24.1 Å². The SMILES string of the molecule is CN(c1ccc(CBr)cc1[N+](=O)[O-])C1CCC(C)(C)CC1. The van der Waals surface area contributed by atoms with Crippen LogP contribution in [0.1, 0.15) is 45.1 Å². The first kappa shape index (κ1) is 16.3. The fraction of sp³-hybridized carbons (Fsp3) is 0.625. The van der Waals surface area contributed by atoms with Crippen molar-refractivity contribution in [3.8, 4) is 0 Å². The summed E-state index contributed by atoms with van der Waals surface area (Å²) in [6.07, 6.45) is 4.55. The lowest BCUT2D eigenvalue weighted by atomic mass is 9.75. The van der Waals surface area contributed by atoms with Gasteiger partial charge in [-0.15, -0.1) is 0 Å². The highest BCUT2D eigenvalue weighted by atomic mass is 79.9. The van der Waals surface area contributed by atoms with E-state index in [0.29, 0.717) is 16.8 Å². The lowest BCUT2D eigenvalue weighted by Gasteiger charge is -2.39. The van der Waals surface area contributed by atoms with Gasteiger partial charge in [-0.1, -0.05) is 35.8 Å². The molecule has 5 heteroatoms. The van der Waals surface area contributed by atoms with Gasteiger partial charge >= 0.3 is 0 Å². The molecule has 1 fully saturated rings. The molecule has 1 saturated carbocycles. The smallest absolute Gasteiger partial charge is 0.292 e. The molecule has 21 heavy (non-hydrogen) atoms. The quantitative estimate of drug-likeness (QED) is 0.439. The Hall–Kier alpha value is -1.10. The Balaban J connectivity index is 2.23. The van der Waals surface area contributed by atoms with Crippen molar-refractivity contribution in [2.45, 2.75) is 50.9 Å². The van der Waals surface area contributed by atoms with Crippen molar-refractivity contribution in [1.82, 2.24) is 0 Å². The first-order valence-electron chi connectivity index (χ1n) is 7.40. The van der Waals surface area contributed by atoms with Crippen LogP contribution in [0.5, 0.6) is 0 Å². The molecular weight excluding hydrogens is 332 g/mol. The zero-order valence-corrected chi connectivity index (χ0v) is 14.5. The molecule has 0 heterocycles. The predicted molar refractivity (Wildman–Crippen MR) is 90.2 cm³/mol. The van der Waals surface area contributed by atoms with Gasteiger partial charge in [0.1, 0.15) is 5.69 Å². The van der Waals surface area contributed by atoms with Gasteiger partial charge in [-0.2, -0.15) is 0 Å². The van der Waals surface area contributed by atoms with Gasteiger partial charge in [0.15, 0.2) is 0 Å². The summed E-state index contributed by atoms with van der Waals surface area (Å²) in [6.45, 7) is 4.60. The van der Waals surface area contributed by atoms with Gasteiger partial charge in [-0.05, 0) is 42.7 Å². The van der Waals surface area contributed by atoms with Gasteiger partial charge < -0.3 is 4.90 Å². The summed E-state index contributed by atoms with van der Waals surface area (Å²) in [4.78, 5) is 13.2. The number of halogens is 1. The van der Waals surface area contributed by atoms with Gasteiger partial charge in [0.25, 0.3) is 5.69 Å². The summed E-state index contributed by atoms with van der Waals surface area (Å²) in [6, 6.07) is 5.91. The largest absolute Gasteiger partial charge is 0.366 e. The monoisotopic (exact) mass is 354 g/mol. The Labute approximate surface area is 134 Å². The van der Waals surface area contributed by atoms with Crippen molar-refractivity contribution >= 4 is 27.3 Å². The van der Waals surface area contributed by atoms with E-state index in [1.165, 1.54) is 12.8 Å². The molecule has 4 nitrogen and oxygen atoms in total. The van der Waals surface area contributed by atoms with Crippen molar-refractivity contribution in [2.24, 2.45) is 5.41 Å². The standard InChI is InChI=1S/C16H23BrN2O2/c1-16(2)8-6-13(7-9-16)18(3)14-5-4-12(11-17)10-15(14)19(20)21/h4-5,10,13H,6-9,11H2,1-3H3. The summed E-state index contributed by atoms with van der Waals surface area (Å²) in [7, 11) is 1.99. The maximum absolute atomic E-state index is 11.3. The molecule has 0 atom stereocenters. The fourth-order valence-corrected chi connectivity index (χ4v) is 3.41. The second-order valence-corrected chi connectivity index (χ2v) is 7.28. The second kappa shape index (κ2) is 6.34. The number of benzene rings is 1. The molecule has 0 bridgehead atoms. The number of nitrogens with zero attached hydrogens (tertiary/aromatic N) is 2. The van der Waals surface area contributed by atoms with E-state index in [1.807, 2.05) is 19.2 Å². The molecule has 0 unspecified atom stereocenters. The molecule has 0 aliphatic heterocycles. The molecule has 0 spiro atoms. The number of hydrogen-bond donors (Lipinski definition) is 0. The zero-order chi connectivity index (χ0) is 15.6. The van der Waals surface area contributed by atoms with Crippen molar-refractivity contribution in [3.63, 3.8) is 0 Å². The van der Waals surface area contributed by atoms with Crippen molar-refractivity contribution < 1.29 is 4.92 Å². The molecule has 0 amide bonds. The molecule has 0 aromatic heterocycles. The van der Waals surface area contributed by atoms with Crippen LogP contribution < -0.4 is 4.90 Å². The van der Waals surface area contributed by atoms with Crippen LogP contribution in [0.25, 0.3) is 0 Å². The molecular formula is C16H23BrN2O2. The summed E-state index contributed by atoms with van der Waals surface area (Å²) in [5.74, 6) is 0. The van der Waals surface area contributed by atoms with Crippen LogP contribution in [0.2, 0.25) is 0 Å². The maximum atomic E-state index is 11.3. The first-order valence-corrected chi connectivity index (χ1v) is 8.52. The van der Waals surface area contributed by atoms with Crippen LogP contribution in [-0.2, 0) is 5.33 Å². The second-order valence-electron chi connectivity index (χ2n) is 6.72. The summed E-state index contributed by atoms with van der Waals surface area (Å²) in [5, 5.41) is 12.0. The third kappa shape index (κ3) is 3.76. The zero-order valence-electron chi connectivity index (χ0n) is 12.9. The number of nitro benzene ring substituents is 1. The van der Waals surface area contributed by atoms with Gasteiger partial charge in [-0.3, -0.25) is 10.1 Å². The predicted octanol–water partition coefficient (Wildman–Crippen LogP) is 4.89. The van der Waals surface area contributed by atoms with Crippen molar-refractivity contribution in [1.29, 1.82) is 0 Å². The van der Waals surface area contributed by atoms with Crippen molar-refractivity contribution in [3.05, 3.63) is 33.9 Å². The van der Waals surface area contributed by atoms with Crippen LogP contribution in [0.4, 0.5) is 11.4 Å². The van der Waals surface area contributed by atoms with E-state index >= 15 is 0 Å². The van der Waals surface area contributed by atoms with E-state index in [9.17, 15) is 10.1 Å². The minimum absolute atomic E-state index is 0.208. The van der Waals surface area contributed by atoms with Crippen LogP contribution in [0.3, 0.4) is 0 Å². The summed E-state index contributed by atoms with van der Waals surface area (Å²) >= 11 is 3.36. The van der Waals surface area contributed by atoms with Gasteiger partial charge in [0.05, 0.1) is 4.92 Å². The fourth-order valence-electron chi connectivity index (χ4n) is 3.06. The molecule has 116 valence electrons. The maximum Gasteiger partial charge on any atom is 0.292 e. The Morgan fingerprint density at radius 1 is 1.38 bits per heavy atom. The third-order valence-corrected chi connectivity index (χ3v) is 5.27. The average molecular weight is 355 g/mol. The van der Waals surface area contributed by atoms with Crippen LogP contribution in [0.15, 0.2) is 18.2 Å². The van der Waals surface area contributed by atoms with Crippen LogP contribution in [-0.4, -0.2) is 18.0 Å². The van der Waals surface area contributed by atoms with E-state index in [1.54, 1.807) is 6.07 Å². The van der Waals surface area contributed by atoms with Crippen LogP contribution >= 0.6 is 15.9 Å². The Bertz CT molecular complexity index is 521. The van der Waals surface area contributed by atoms with E-state index in [2.05, 4.69) is 34.7 Å². The van der Waals surface area contributed by atoms with Gasteiger partial charge in [0, 0.05) is 24.5 Å². The highest BCUT2D eigenvalue weighted by Gasteiger charge is 2.31. The van der Waals surface area contributed by atoms with Gasteiger partial charge in [0.2, 0.25) is 0 Å². The van der Waals surface area contributed by atoms with E-state index in [-0.39, 0.29) is 10.6 Å². The van der Waals surface area contributed by atoms with E-state index < -0.39 is 0 Å². The third-order valence-electron chi connectivity index (χ3n) is 4.63. The lowest BCUT2D eigenvalue weighted by Crippen LogP contribution is -2.37. The molecule has 1 aromatic rings. The number of alkyl halides is 1. The molecule has 0 saturated heterocycles. The molecule has 1 aliphatic carbocycles. The highest BCUT2D eigenvalue weighted by molar-refractivity contribution is 9.08. The summed E-state index contributed by atoms with van der Waals surface area (Å²) in [5.41, 5.74) is 2.28. The van der Waals surface area contributed by atoms with E-state index in [4.69, 9.17) is 0 Å². The topological polar surface area (TPSA) is 46.4 Å². The number of rotatable bonds is 4. The molecule has 1 aromatic carbocycles. The highest BCUT2D eigenvalue weighted by Crippen LogP contribution is 2.39. The Morgan fingerprint density at radius 3 is 2.52 bits per heavy atom. The minimum atomic E-state index is -0.273. The summed E-state index contributed by atoms with van der Waals surface area (Å²) < 4.78 is 0. The normalized spacial score (nSPS) is 18.5. The molecule has 2 rings (SSSR count). The minimum Gasteiger partial charge on any atom is -0.366 e. The lowest BCUT2D eigenvalue weighted by molar-refractivity contribution is -0.384. The first-order chi connectivity index (χ1) is 9.84. The van der Waals surface area contributed by atoms with Crippen LogP contribution in [0, 0.1) is 15.5 Å². The number of anilines is 1.